The molecule has 3 nitrogen and oxygen atoms in total. The number of rotatable bonds is 3. The fraction of sp³-hybridized carbons (Fsp3) is 0.0714. The van der Waals surface area contributed by atoms with Gasteiger partial charge in [-0.15, -0.1) is 0 Å². The van der Waals surface area contributed by atoms with Gasteiger partial charge in [-0.1, -0.05) is 85.8 Å². The number of nitrogens with zero attached hydrogens (tertiary/aromatic N) is 2. The number of hydrogen-bond donors (Lipinski definition) is 0. The van der Waals surface area contributed by atoms with Crippen LogP contribution in [0, 0.1) is 0 Å². The number of hydrogen-bond acceptors (Lipinski definition) is 3. The Hall–Kier alpha value is -3.98. The molecule has 0 N–H and O–H groups in total. The summed E-state index contributed by atoms with van der Waals surface area (Å²) in [6.45, 7) is 2.09. The van der Waals surface area contributed by atoms with E-state index in [1.165, 1.54) is 0 Å². The third-order valence-electron chi connectivity index (χ3n) is 5.84. The molecule has 31 heavy (non-hydrogen) atoms. The van der Waals surface area contributed by atoms with Crippen molar-refractivity contribution in [2.45, 2.75) is 13.3 Å². The van der Waals surface area contributed by atoms with Gasteiger partial charge >= 0.3 is 0 Å². The standard InChI is InChI=1S/C28H20N2O/c1-2-26-29-24-12-5-3-9-23(24)27(30-26)19-16-14-18(15-17-19)20-10-7-11-22-21-8-4-6-13-25(21)31-28(20)22/h3-17H,2H2,1H3. The van der Waals surface area contributed by atoms with Crippen molar-refractivity contribution in [2.24, 2.45) is 0 Å². The van der Waals surface area contributed by atoms with Crippen LogP contribution in [-0.2, 0) is 6.42 Å². The largest absolute Gasteiger partial charge is 0.455 e. The van der Waals surface area contributed by atoms with Crippen molar-refractivity contribution in [3.63, 3.8) is 0 Å². The molecule has 0 aliphatic rings. The van der Waals surface area contributed by atoms with Crippen molar-refractivity contribution in [1.82, 2.24) is 9.97 Å². The summed E-state index contributed by atoms with van der Waals surface area (Å²) in [7, 11) is 0. The lowest BCUT2D eigenvalue weighted by atomic mass is 9.99. The van der Waals surface area contributed by atoms with Crippen molar-refractivity contribution in [1.29, 1.82) is 0 Å². The minimum absolute atomic E-state index is 0.809. The molecule has 0 amide bonds. The first-order valence-corrected chi connectivity index (χ1v) is 10.6. The first-order valence-electron chi connectivity index (χ1n) is 10.6. The maximum atomic E-state index is 6.22. The Morgan fingerprint density at radius 2 is 1.35 bits per heavy atom. The highest BCUT2D eigenvalue weighted by molar-refractivity contribution is 6.09. The summed E-state index contributed by atoms with van der Waals surface area (Å²) in [6, 6.07) is 31.3. The predicted molar refractivity (Wildman–Crippen MR) is 127 cm³/mol. The highest BCUT2D eigenvalue weighted by Crippen LogP contribution is 2.36. The van der Waals surface area contributed by atoms with E-state index in [1.807, 2.05) is 24.3 Å². The summed E-state index contributed by atoms with van der Waals surface area (Å²) in [5.74, 6) is 0.866. The van der Waals surface area contributed by atoms with Crippen LogP contribution in [0.3, 0.4) is 0 Å². The molecule has 0 bridgehead atoms. The van der Waals surface area contributed by atoms with Crippen LogP contribution in [0.15, 0.2) is 95.4 Å². The second kappa shape index (κ2) is 7.06. The number of fused-ring (bicyclic) bond motifs is 4. The average Bonchev–Trinajstić information content (AvgIpc) is 3.22. The molecule has 4 aromatic carbocycles. The van der Waals surface area contributed by atoms with E-state index in [4.69, 9.17) is 9.40 Å². The number of aryl methyl sites for hydroxylation is 1. The number of furan rings is 1. The maximum absolute atomic E-state index is 6.22. The Balaban J connectivity index is 1.50. The van der Waals surface area contributed by atoms with Gasteiger partial charge in [-0.2, -0.15) is 0 Å². The number of aromatic nitrogens is 2. The molecule has 6 aromatic rings. The second-order valence-corrected chi connectivity index (χ2v) is 7.72. The third-order valence-corrected chi connectivity index (χ3v) is 5.84. The van der Waals surface area contributed by atoms with E-state index in [0.29, 0.717) is 0 Å². The smallest absolute Gasteiger partial charge is 0.143 e. The number of benzene rings is 4. The summed E-state index contributed by atoms with van der Waals surface area (Å²) in [4.78, 5) is 9.52. The Morgan fingerprint density at radius 1 is 0.645 bits per heavy atom. The lowest BCUT2D eigenvalue weighted by Crippen LogP contribution is -1.97. The van der Waals surface area contributed by atoms with Crippen molar-refractivity contribution in [2.75, 3.05) is 0 Å². The topological polar surface area (TPSA) is 38.9 Å². The summed E-state index contributed by atoms with van der Waals surface area (Å²) >= 11 is 0. The fourth-order valence-electron chi connectivity index (χ4n) is 4.29. The van der Waals surface area contributed by atoms with E-state index >= 15 is 0 Å². The maximum Gasteiger partial charge on any atom is 0.143 e. The van der Waals surface area contributed by atoms with E-state index in [2.05, 4.69) is 78.6 Å². The normalized spacial score (nSPS) is 11.5. The summed E-state index contributed by atoms with van der Waals surface area (Å²) in [6.07, 6.45) is 0.809. The molecule has 6 rings (SSSR count). The highest BCUT2D eigenvalue weighted by atomic mass is 16.3. The van der Waals surface area contributed by atoms with Crippen molar-refractivity contribution in [3.8, 4) is 22.4 Å². The van der Waals surface area contributed by atoms with Crippen LogP contribution in [0.4, 0.5) is 0 Å². The Bertz CT molecular complexity index is 1560. The average molecular weight is 400 g/mol. The van der Waals surface area contributed by atoms with Gasteiger partial charge in [0.1, 0.15) is 17.0 Å². The Kier molecular flexibility index (Phi) is 4.07. The fourth-order valence-corrected chi connectivity index (χ4v) is 4.29. The molecule has 0 saturated heterocycles. The van der Waals surface area contributed by atoms with Crippen LogP contribution >= 0.6 is 0 Å². The first-order chi connectivity index (χ1) is 15.3. The van der Waals surface area contributed by atoms with Gasteiger partial charge in [0.15, 0.2) is 0 Å². The van der Waals surface area contributed by atoms with Crippen LogP contribution in [0.25, 0.3) is 55.2 Å². The molecule has 148 valence electrons. The molecule has 0 atom stereocenters. The Labute approximate surface area is 180 Å². The van der Waals surface area contributed by atoms with E-state index in [0.717, 1.165) is 67.5 Å². The second-order valence-electron chi connectivity index (χ2n) is 7.72. The van der Waals surface area contributed by atoms with Gasteiger partial charge in [-0.05, 0) is 17.7 Å². The molecule has 0 radical (unpaired) electrons. The van der Waals surface area contributed by atoms with Crippen molar-refractivity contribution in [3.05, 3.63) is 96.8 Å². The van der Waals surface area contributed by atoms with Gasteiger partial charge in [-0.3, -0.25) is 0 Å². The zero-order valence-corrected chi connectivity index (χ0v) is 17.2. The zero-order valence-electron chi connectivity index (χ0n) is 17.2. The lowest BCUT2D eigenvalue weighted by molar-refractivity contribution is 0.670. The molecule has 2 heterocycles. The summed E-state index contributed by atoms with van der Waals surface area (Å²) in [5, 5.41) is 3.37. The molecular weight excluding hydrogens is 380 g/mol. The van der Waals surface area contributed by atoms with E-state index in [1.54, 1.807) is 0 Å². The molecule has 0 unspecified atom stereocenters. The monoisotopic (exact) mass is 400 g/mol. The lowest BCUT2D eigenvalue weighted by Gasteiger charge is -2.09. The van der Waals surface area contributed by atoms with Gasteiger partial charge in [0.2, 0.25) is 0 Å². The predicted octanol–water partition coefficient (Wildman–Crippen LogP) is 7.43. The van der Waals surface area contributed by atoms with Gasteiger partial charge in [0.25, 0.3) is 0 Å². The molecule has 0 aliphatic carbocycles. The SMILES string of the molecule is CCc1nc(-c2ccc(-c3cccc4c3oc3ccccc34)cc2)c2ccccc2n1. The first kappa shape index (κ1) is 17.8. The zero-order chi connectivity index (χ0) is 20.8. The van der Waals surface area contributed by atoms with E-state index < -0.39 is 0 Å². The van der Waals surface area contributed by atoms with Crippen LogP contribution in [-0.4, -0.2) is 9.97 Å². The molecular formula is C28H20N2O. The van der Waals surface area contributed by atoms with Crippen molar-refractivity contribution < 1.29 is 4.42 Å². The quantitative estimate of drug-likeness (QED) is 0.310. The molecule has 0 aliphatic heterocycles. The molecule has 0 saturated carbocycles. The van der Waals surface area contributed by atoms with Crippen LogP contribution in [0.2, 0.25) is 0 Å². The Morgan fingerprint density at radius 3 is 2.19 bits per heavy atom. The number of para-hydroxylation sites is 3. The molecule has 2 aromatic heterocycles. The molecule has 0 fully saturated rings. The van der Waals surface area contributed by atoms with Gasteiger partial charge in [-0.25, -0.2) is 9.97 Å². The highest BCUT2D eigenvalue weighted by Gasteiger charge is 2.13. The van der Waals surface area contributed by atoms with Crippen molar-refractivity contribution >= 4 is 32.8 Å². The van der Waals surface area contributed by atoms with Gasteiger partial charge < -0.3 is 4.42 Å². The van der Waals surface area contributed by atoms with Crippen LogP contribution in [0.1, 0.15) is 12.7 Å². The van der Waals surface area contributed by atoms with Gasteiger partial charge in [0.05, 0.1) is 11.2 Å². The molecule has 0 spiro atoms. The minimum Gasteiger partial charge on any atom is -0.455 e. The van der Waals surface area contributed by atoms with Crippen LogP contribution in [0.5, 0.6) is 0 Å². The summed E-state index contributed by atoms with van der Waals surface area (Å²) in [5.41, 5.74) is 7.13. The van der Waals surface area contributed by atoms with Crippen LogP contribution < -0.4 is 0 Å². The third kappa shape index (κ3) is 2.89. The molecule has 3 heteroatoms. The summed E-state index contributed by atoms with van der Waals surface area (Å²) < 4.78 is 6.22. The minimum atomic E-state index is 0.809. The van der Waals surface area contributed by atoms with E-state index in [-0.39, 0.29) is 0 Å². The van der Waals surface area contributed by atoms with Gasteiger partial charge in [0, 0.05) is 33.7 Å². The van der Waals surface area contributed by atoms with E-state index in [9.17, 15) is 0 Å².